The minimum absolute atomic E-state index is 0. The lowest BCUT2D eigenvalue weighted by molar-refractivity contribution is -0.143. The average molecular weight is 221 g/mol. The Morgan fingerprint density at radius 2 is 2.50 bits per heavy atom. The zero-order valence-electron chi connectivity index (χ0n) is 7.77. The van der Waals surface area contributed by atoms with Gasteiger partial charge in [-0.2, -0.15) is 15.4 Å². The highest BCUT2D eigenvalue weighted by Crippen LogP contribution is 2.09. The first-order valence-corrected chi connectivity index (χ1v) is 4.01. The van der Waals surface area contributed by atoms with Crippen LogP contribution in [0.25, 0.3) is 0 Å². The lowest BCUT2D eigenvalue weighted by atomic mass is 10.2. The molecule has 0 aromatic carbocycles. The van der Waals surface area contributed by atoms with Gasteiger partial charge in [0.1, 0.15) is 0 Å². The number of hydrogen-bond acceptors (Lipinski definition) is 5. The molecule has 0 spiro atoms. The Morgan fingerprint density at radius 1 is 1.79 bits per heavy atom. The molecule has 1 aromatic rings. The van der Waals surface area contributed by atoms with E-state index in [9.17, 15) is 4.79 Å². The van der Waals surface area contributed by atoms with Crippen molar-refractivity contribution < 1.29 is 9.53 Å². The predicted molar refractivity (Wildman–Crippen MR) is 51.8 cm³/mol. The number of carbonyl (C=O) groups excluding carboxylic acids is 1. The molecule has 3 N–H and O–H groups in total. The molecule has 14 heavy (non-hydrogen) atoms. The number of carbonyl (C=O) groups is 1. The van der Waals surface area contributed by atoms with Gasteiger partial charge in [-0.1, -0.05) is 0 Å². The van der Waals surface area contributed by atoms with E-state index in [0.717, 1.165) is 0 Å². The summed E-state index contributed by atoms with van der Waals surface area (Å²) in [5.74, 6) is -0.321. The number of nitrogens with zero attached hydrogens (tertiary/aromatic N) is 2. The van der Waals surface area contributed by atoms with Crippen molar-refractivity contribution in [2.24, 2.45) is 5.73 Å². The monoisotopic (exact) mass is 220 g/mol. The van der Waals surface area contributed by atoms with Crippen molar-refractivity contribution >= 4 is 18.4 Å². The van der Waals surface area contributed by atoms with E-state index in [-0.39, 0.29) is 24.8 Å². The van der Waals surface area contributed by atoms with E-state index in [1.165, 1.54) is 6.20 Å². The van der Waals surface area contributed by atoms with E-state index in [2.05, 4.69) is 15.4 Å². The van der Waals surface area contributed by atoms with Crippen molar-refractivity contribution in [1.29, 1.82) is 0 Å². The highest BCUT2D eigenvalue weighted by molar-refractivity contribution is 5.85. The second-order valence-electron chi connectivity index (χ2n) is 2.51. The molecule has 0 radical (unpaired) electrons. The van der Waals surface area contributed by atoms with Gasteiger partial charge in [-0.05, 0) is 6.92 Å². The van der Waals surface area contributed by atoms with Crippen molar-refractivity contribution in [3.63, 3.8) is 0 Å². The third kappa shape index (κ3) is 3.71. The molecule has 6 nitrogen and oxygen atoms in total. The lowest BCUT2D eigenvalue weighted by Gasteiger charge is -2.06. The molecule has 0 aliphatic heterocycles. The van der Waals surface area contributed by atoms with Crippen LogP contribution in [0.5, 0.6) is 0 Å². The number of rotatable bonds is 4. The van der Waals surface area contributed by atoms with Crippen LogP contribution in [0.15, 0.2) is 6.20 Å². The summed E-state index contributed by atoms with van der Waals surface area (Å²) in [4.78, 5) is 11.0. The first kappa shape index (κ1) is 12.9. The van der Waals surface area contributed by atoms with E-state index in [1.807, 2.05) is 0 Å². The number of ether oxygens (including phenoxy) is 1. The summed E-state index contributed by atoms with van der Waals surface area (Å²) in [7, 11) is 0. The molecule has 0 amide bonds. The molecule has 80 valence electrons. The van der Waals surface area contributed by atoms with Crippen LogP contribution in [0.1, 0.15) is 25.1 Å². The predicted octanol–water partition coefficient (Wildman–Crippen LogP) is 0.179. The van der Waals surface area contributed by atoms with E-state index >= 15 is 0 Å². The van der Waals surface area contributed by atoms with Crippen molar-refractivity contribution in [2.75, 3.05) is 6.61 Å². The Labute approximate surface area is 87.6 Å². The summed E-state index contributed by atoms with van der Waals surface area (Å²) in [6.07, 6.45) is 1.62. The fourth-order valence-electron chi connectivity index (χ4n) is 0.893. The molecule has 1 atom stereocenters. The lowest BCUT2D eigenvalue weighted by Crippen LogP contribution is -2.17. The van der Waals surface area contributed by atoms with Gasteiger partial charge in [0.2, 0.25) is 0 Å². The molecule has 0 bridgehead atoms. The van der Waals surface area contributed by atoms with Crippen LogP contribution < -0.4 is 5.73 Å². The Kier molecular flexibility index (Phi) is 5.82. The Bertz CT molecular complexity index is 265. The zero-order chi connectivity index (χ0) is 9.68. The maximum atomic E-state index is 11.0. The van der Waals surface area contributed by atoms with Gasteiger partial charge in [0.05, 0.1) is 31.0 Å². The smallest absolute Gasteiger partial charge is 0.307 e. The second-order valence-corrected chi connectivity index (χ2v) is 2.51. The minimum atomic E-state index is -0.446. The van der Waals surface area contributed by atoms with Gasteiger partial charge in [-0.25, -0.2) is 0 Å². The molecule has 0 fully saturated rings. The van der Waals surface area contributed by atoms with E-state index in [4.69, 9.17) is 10.5 Å². The first-order valence-electron chi connectivity index (χ1n) is 4.01. The maximum absolute atomic E-state index is 11.0. The molecule has 0 unspecified atom stereocenters. The van der Waals surface area contributed by atoms with Crippen LogP contribution in [-0.4, -0.2) is 28.0 Å². The normalized spacial score (nSPS) is 11.6. The Hall–Kier alpha value is -1.14. The SMILES string of the molecule is CCOC(=O)C[C@H](N)c1cn[nH]n1.Cl. The minimum Gasteiger partial charge on any atom is -0.466 e. The topological polar surface area (TPSA) is 93.9 Å². The van der Waals surface area contributed by atoms with E-state index in [0.29, 0.717) is 12.3 Å². The molecule has 1 heterocycles. The van der Waals surface area contributed by atoms with Gasteiger partial charge in [0.15, 0.2) is 0 Å². The Morgan fingerprint density at radius 3 is 3.00 bits per heavy atom. The molecule has 1 rings (SSSR count). The molecule has 1 aromatic heterocycles. The molecule has 0 saturated heterocycles. The summed E-state index contributed by atoms with van der Waals surface area (Å²) >= 11 is 0. The number of aromatic amines is 1. The van der Waals surface area contributed by atoms with Crippen LogP contribution in [0.3, 0.4) is 0 Å². The van der Waals surface area contributed by atoms with Gasteiger partial charge in [-0.3, -0.25) is 4.79 Å². The third-order valence-electron chi connectivity index (χ3n) is 1.51. The summed E-state index contributed by atoms with van der Waals surface area (Å²) in [6, 6.07) is -0.446. The molecular formula is C7H13ClN4O2. The number of esters is 1. The molecular weight excluding hydrogens is 208 g/mol. The van der Waals surface area contributed by atoms with Gasteiger partial charge in [0, 0.05) is 0 Å². The molecule has 7 heteroatoms. The van der Waals surface area contributed by atoms with Crippen molar-refractivity contribution in [3.8, 4) is 0 Å². The zero-order valence-corrected chi connectivity index (χ0v) is 8.58. The first-order chi connectivity index (χ1) is 6.24. The van der Waals surface area contributed by atoms with Crippen LogP contribution in [0, 0.1) is 0 Å². The van der Waals surface area contributed by atoms with Gasteiger partial charge in [0.25, 0.3) is 0 Å². The van der Waals surface area contributed by atoms with Gasteiger partial charge >= 0.3 is 5.97 Å². The highest BCUT2D eigenvalue weighted by Gasteiger charge is 2.14. The van der Waals surface area contributed by atoms with Crippen LogP contribution in [-0.2, 0) is 9.53 Å². The second kappa shape index (κ2) is 6.33. The van der Waals surface area contributed by atoms with Crippen LogP contribution in [0.2, 0.25) is 0 Å². The maximum Gasteiger partial charge on any atom is 0.307 e. The number of aromatic nitrogens is 3. The summed E-state index contributed by atoms with van der Waals surface area (Å²) < 4.78 is 4.73. The Balaban J connectivity index is 0.00000169. The molecule has 0 saturated carbocycles. The number of nitrogens with one attached hydrogen (secondary N) is 1. The number of halogens is 1. The van der Waals surface area contributed by atoms with Crippen molar-refractivity contribution in [3.05, 3.63) is 11.9 Å². The largest absolute Gasteiger partial charge is 0.466 e. The molecule has 0 aliphatic rings. The summed E-state index contributed by atoms with van der Waals surface area (Å²) in [5.41, 5.74) is 6.21. The van der Waals surface area contributed by atoms with Crippen molar-refractivity contribution in [2.45, 2.75) is 19.4 Å². The van der Waals surface area contributed by atoms with Crippen LogP contribution in [0.4, 0.5) is 0 Å². The molecule has 0 aliphatic carbocycles. The summed E-state index contributed by atoms with van der Waals surface area (Å²) in [5, 5.41) is 9.77. The van der Waals surface area contributed by atoms with Gasteiger partial charge < -0.3 is 10.5 Å². The van der Waals surface area contributed by atoms with E-state index < -0.39 is 6.04 Å². The van der Waals surface area contributed by atoms with E-state index in [1.54, 1.807) is 6.92 Å². The standard InChI is InChI=1S/C7H12N4O2.ClH/c1-2-13-7(12)3-5(8)6-4-9-11-10-6;/h4-5H,2-3,8H2,1H3,(H,9,10,11);1H/t5-;/m0./s1. The average Bonchev–Trinajstić information content (AvgIpc) is 2.55. The number of hydrogen-bond donors (Lipinski definition) is 2. The van der Waals surface area contributed by atoms with Gasteiger partial charge in [-0.15, -0.1) is 12.4 Å². The summed E-state index contributed by atoms with van der Waals surface area (Å²) in [6.45, 7) is 2.11. The number of nitrogens with two attached hydrogens (primary N) is 1. The quantitative estimate of drug-likeness (QED) is 0.706. The highest BCUT2D eigenvalue weighted by atomic mass is 35.5. The van der Waals surface area contributed by atoms with Crippen LogP contribution >= 0.6 is 12.4 Å². The number of H-pyrrole nitrogens is 1. The fourth-order valence-corrected chi connectivity index (χ4v) is 0.893. The fraction of sp³-hybridized carbons (Fsp3) is 0.571. The van der Waals surface area contributed by atoms with Crippen molar-refractivity contribution in [1.82, 2.24) is 15.4 Å². The third-order valence-corrected chi connectivity index (χ3v) is 1.51.